The SMILES string of the molecule is Cc1cc(N(C)Cc2cccc(OC(C)C)c2)nc(C)n1. The number of benzene rings is 1. The molecule has 0 saturated carbocycles. The third kappa shape index (κ3) is 4.45. The van der Waals surface area contributed by atoms with E-state index in [4.69, 9.17) is 4.74 Å². The van der Waals surface area contributed by atoms with E-state index in [1.54, 1.807) is 0 Å². The minimum Gasteiger partial charge on any atom is -0.491 e. The summed E-state index contributed by atoms with van der Waals surface area (Å²) < 4.78 is 5.74. The highest BCUT2D eigenvalue weighted by Gasteiger charge is 2.07. The summed E-state index contributed by atoms with van der Waals surface area (Å²) in [7, 11) is 2.04. The van der Waals surface area contributed by atoms with E-state index < -0.39 is 0 Å². The summed E-state index contributed by atoms with van der Waals surface area (Å²) in [4.78, 5) is 10.9. The average molecular weight is 285 g/mol. The van der Waals surface area contributed by atoms with Crippen LogP contribution in [-0.4, -0.2) is 23.1 Å². The van der Waals surface area contributed by atoms with Gasteiger partial charge in [0.15, 0.2) is 0 Å². The van der Waals surface area contributed by atoms with Gasteiger partial charge in [-0.1, -0.05) is 12.1 Å². The molecule has 112 valence electrons. The van der Waals surface area contributed by atoms with Crippen LogP contribution in [0.25, 0.3) is 0 Å². The van der Waals surface area contributed by atoms with E-state index in [0.717, 1.165) is 29.6 Å². The zero-order valence-corrected chi connectivity index (χ0v) is 13.4. The molecule has 0 unspecified atom stereocenters. The summed E-state index contributed by atoms with van der Waals surface area (Å²) in [5.41, 5.74) is 2.19. The first-order chi connectivity index (χ1) is 9.94. The molecule has 0 atom stereocenters. The standard InChI is InChI=1S/C17H23N3O/c1-12(2)21-16-8-6-7-15(10-16)11-20(5)17-9-13(3)18-14(4)19-17/h6-10,12H,11H2,1-5H3. The van der Waals surface area contributed by atoms with Gasteiger partial charge in [-0.3, -0.25) is 0 Å². The van der Waals surface area contributed by atoms with Crippen LogP contribution in [-0.2, 0) is 6.54 Å². The predicted molar refractivity (Wildman–Crippen MR) is 85.8 cm³/mol. The van der Waals surface area contributed by atoms with Crippen molar-refractivity contribution >= 4 is 5.82 Å². The van der Waals surface area contributed by atoms with E-state index in [1.165, 1.54) is 5.56 Å². The number of ether oxygens (including phenoxy) is 1. The van der Waals surface area contributed by atoms with Gasteiger partial charge in [-0.05, 0) is 45.4 Å². The molecule has 0 N–H and O–H groups in total. The van der Waals surface area contributed by atoms with Crippen LogP contribution in [0.5, 0.6) is 5.75 Å². The highest BCUT2D eigenvalue weighted by molar-refractivity contribution is 5.40. The van der Waals surface area contributed by atoms with Crippen molar-refractivity contribution < 1.29 is 4.74 Å². The zero-order valence-electron chi connectivity index (χ0n) is 13.4. The van der Waals surface area contributed by atoms with Crippen molar-refractivity contribution in [1.82, 2.24) is 9.97 Å². The van der Waals surface area contributed by atoms with Gasteiger partial charge < -0.3 is 9.64 Å². The lowest BCUT2D eigenvalue weighted by molar-refractivity contribution is 0.242. The van der Waals surface area contributed by atoms with Crippen LogP contribution in [0, 0.1) is 13.8 Å². The van der Waals surface area contributed by atoms with Gasteiger partial charge in [-0.15, -0.1) is 0 Å². The highest BCUT2D eigenvalue weighted by Crippen LogP contribution is 2.18. The van der Waals surface area contributed by atoms with Gasteiger partial charge >= 0.3 is 0 Å². The maximum absolute atomic E-state index is 5.74. The number of nitrogens with zero attached hydrogens (tertiary/aromatic N) is 3. The van der Waals surface area contributed by atoms with Crippen molar-refractivity contribution in [3.63, 3.8) is 0 Å². The third-order valence-corrected chi connectivity index (χ3v) is 3.03. The van der Waals surface area contributed by atoms with Crippen molar-refractivity contribution in [2.45, 2.75) is 40.3 Å². The molecular weight excluding hydrogens is 262 g/mol. The Labute approximate surface area is 126 Å². The molecule has 1 aromatic heterocycles. The fourth-order valence-corrected chi connectivity index (χ4v) is 2.24. The smallest absolute Gasteiger partial charge is 0.132 e. The Morgan fingerprint density at radius 2 is 1.90 bits per heavy atom. The Morgan fingerprint density at radius 3 is 2.57 bits per heavy atom. The van der Waals surface area contributed by atoms with E-state index in [2.05, 4.69) is 27.0 Å². The Balaban J connectivity index is 2.13. The molecule has 0 fully saturated rings. The first-order valence-corrected chi connectivity index (χ1v) is 7.23. The number of hydrogen-bond acceptors (Lipinski definition) is 4. The molecule has 0 bridgehead atoms. The molecule has 0 aliphatic carbocycles. The maximum atomic E-state index is 5.74. The minimum absolute atomic E-state index is 0.185. The molecule has 0 radical (unpaired) electrons. The van der Waals surface area contributed by atoms with Crippen LogP contribution in [0.15, 0.2) is 30.3 Å². The largest absolute Gasteiger partial charge is 0.491 e. The van der Waals surface area contributed by atoms with E-state index in [9.17, 15) is 0 Å². The van der Waals surface area contributed by atoms with Crippen molar-refractivity contribution in [2.24, 2.45) is 0 Å². The molecule has 21 heavy (non-hydrogen) atoms. The van der Waals surface area contributed by atoms with Crippen molar-refractivity contribution in [1.29, 1.82) is 0 Å². The number of aryl methyl sites for hydroxylation is 2. The highest BCUT2D eigenvalue weighted by atomic mass is 16.5. The molecule has 0 saturated heterocycles. The third-order valence-electron chi connectivity index (χ3n) is 3.03. The number of anilines is 1. The van der Waals surface area contributed by atoms with Crippen LogP contribution in [0.4, 0.5) is 5.82 Å². The van der Waals surface area contributed by atoms with Gasteiger partial charge in [0.25, 0.3) is 0 Å². The molecule has 0 aliphatic rings. The number of rotatable bonds is 5. The van der Waals surface area contributed by atoms with Crippen LogP contribution in [0.1, 0.15) is 30.9 Å². The molecule has 0 aliphatic heterocycles. The molecule has 2 aromatic rings. The predicted octanol–water partition coefficient (Wildman–Crippen LogP) is 3.52. The molecule has 1 aromatic carbocycles. The lowest BCUT2D eigenvalue weighted by Gasteiger charge is -2.19. The lowest BCUT2D eigenvalue weighted by Crippen LogP contribution is -2.18. The quantitative estimate of drug-likeness (QED) is 0.842. The Morgan fingerprint density at radius 1 is 1.14 bits per heavy atom. The normalized spacial score (nSPS) is 10.8. The monoisotopic (exact) mass is 285 g/mol. The topological polar surface area (TPSA) is 38.2 Å². The molecule has 0 amide bonds. The van der Waals surface area contributed by atoms with E-state index in [1.807, 2.05) is 52.9 Å². The Bertz CT molecular complexity index is 590. The fourth-order valence-electron chi connectivity index (χ4n) is 2.24. The molecule has 1 heterocycles. The molecule has 2 rings (SSSR count). The summed E-state index contributed by atoms with van der Waals surface area (Å²) in [6.07, 6.45) is 0.185. The second-order valence-electron chi connectivity index (χ2n) is 5.58. The van der Waals surface area contributed by atoms with Crippen LogP contribution >= 0.6 is 0 Å². The Kier molecular flexibility index (Phi) is 4.78. The summed E-state index contributed by atoms with van der Waals surface area (Å²) in [6, 6.07) is 10.2. The molecule has 4 heteroatoms. The van der Waals surface area contributed by atoms with Crippen LogP contribution in [0.3, 0.4) is 0 Å². The van der Waals surface area contributed by atoms with Crippen molar-refractivity contribution in [3.05, 3.63) is 47.4 Å². The van der Waals surface area contributed by atoms with E-state index in [-0.39, 0.29) is 6.10 Å². The second kappa shape index (κ2) is 6.57. The van der Waals surface area contributed by atoms with Crippen LogP contribution < -0.4 is 9.64 Å². The van der Waals surface area contributed by atoms with Gasteiger partial charge in [-0.25, -0.2) is 9.97 Å². The average Bonchev–Trinajstić information content (AvgIpc) is 2.37. The lowest BCUT2D eigenvalue weighted by atomic mass is 10.2. The first-order valence-electron chi connectivity index (χ1n) is 7.23. The molecule has 4 nitrogen and oxygen atoms in total. The van der Waals surface area contributed by atoms with Crippen LogP contribution in [0.2, 0.25) is 0 Å². The van der Waals surface area contributed by atoms with Gasteiger partial charge in [-0.2, -0.15) is 0 Å². The van der Waals surface area contributed by atoms with E-state index >= 15 is 0 Å². The second-order valence-corrected chi connectivity index (χ2v) is 5.58. The fraction of sp³-hybridized carbons (Fsp3) is 0.412. The van der Waals surface area contributed by atoms with Gasteiger partial charge in [0.05, 0.1) is 6.10 Å². The summed E-state index contributed by atoms with van der Waals surface area (Å²) >= 11 is 0. The molecular formula is C17H23N3O. The zero-order chi connectivity index (χ0) is 15.4. The summed E-state index contributed by atoms with van der Waals surface area (Å²) in [5.74, 6) is 2.65. The number of hydrogen-bond donors (Lipinski definition) is 0. The maximum Gasteiger partial charge on any atom is 0.132 e. The summed E-state index contributed by atoms with van der Waals surface area (Å²) in [6.45, 7) is 8.76. The Hall–Kier alpha value is -2.10. The van der Waals surface area contributed by atoms with E-state index in [0.29, 0.717) is 0 Å². The molecule has 0 spiro atoms. The van der Waals surface area contributed by atoms with Gasteiger partial charge in [0, 0.05) is 25.4 Å². The first kappa shape index (κ1) is 15.3. The van der Waals surface area contributed by atoms with Gasteiger partial charge in [0.1, 0.15) is 17.4 Å². The van der Waals surface area contributed by atoms with Crippen molar-refractivity contribution in [3.8, 4) is 5.75 Å². The van der Waals surface area contributed by atoms with Crippen molar-refractivity contribution in [2.75, 3.05) is 11.9 Å². The van der Waals surface area contributed by atoms with Gasteiger partial charge in [0.2, 0.25) is 0 Å². The minimum atomic E-state index is 0.185. The summed E-state index contributed by atoms with van der Waals surface area (Å²) in [5, 5.41) is 0. The number of aromatic nitrogens is 2.